The highest BCUT2D eigenvalue weighted by Gasteiger charge is 2.24. The standard InChI is InChI=1S/C11H20Cl2N2O3/c1-3-18-11(17)8-14-10(16)9-15(2,6-4-12)7-5-13/h3-9H2,1-2H3/p+1. The van der Waals surface area contributed by atoms with Crippen LogP contribution in [0.2, 0.25) is 0 Å². The molecule has 0 spiro atoms. The van der Waals surface area contributed by atoms with E-state index in [4.69, 9.17) is 27.9 Å². The van der Waals surface area contributed by atoms with Gasteiger partial charge in [0, 0.05) is 0 Å². The van der Waals surface area contributed by atoms with Crippen molar-refractivity contribution in [2.75, 3.05) is 51.6 Å². The molecule has 0 radical (unpaired) electrons. The minimum Gasteiger partial charge on any atom is -0.465 e. The summed E-state index contributed by atoms with van der Waals surface area (Å²) in [5, 5.41) is 2.52. The molecule has 0 aliphatic rings. The molecule has 1 N–H and O–H groups in total. The van der Waals surface area contributed by atoms with E-state index in [1.807, 2.05) is 7.05 Å². The van der Waals surface area contributed by atoms with E-state index >= 15 is 0 Å². The minimum absolute atomic E-state index is 0.103. The third-order valence-corrected chi connectivity index (χ3v) is 2.85. The first-order valence-corrected chi connectivity index (χ1v) is 6.92. The first kappa shape index (κ1) is 17.5. The van der Waals surface area contributed by atoms with Crippen LogP contribution in [0.15, 0.2) is 0 Å². The van der Waals surface area contributed by atoms with Crippen LogP contribution in [0, 0.1) is 0 Å². The van der Waals surface area contributed by atoms with Gasteiger partial charge in [-0.2, -0.15) is 0 Å². The highest BCUT2D eigenvalue weighted by Crippen LogP contribution is 2.03. The smallest absolute Gasteiger partial charge is 0.325 e. The van der Waals surface area contributed by atoms with Crippen molar-refractivity contribution in [3.05, 3.63) is 0 Å². The van der Waals surface area contributed by atoms with Gasteiger partial charge in [0.25, 0.3) is 5.91 Å². The molecule has 0 heterocycles. The number of esters is 1. The Morgan fingerprint density at radius 2 is 1.78 bits per heavy atom. The summed E-state index contributed by atoms with van der Waals surface area (Å²) in [4.78, 5) is 22.8. The van der Waals surface area contributed by atoms with Crippen LogP contribution in [0.25, 0.3) is 0 Å². The largest absolute Gasteiger partial charge is 0.465 e. The number of carbonyl (C=O) groups is 2. The van der Waals surface area contributed by atoms with Crippen molar-refractivity contribution in [2.45, 2.75) is 6.92 Å². The maximum Gasteiger partial charge on any atom is 0.325 e. The van der Waals surface area contributed by atoms with Crippen molar-refractivity contribution >= 4 is 35.1 Å². The molecule has 18 heavy (non-hydrogen) atoms. The Bertz CT molecular complexity index is 269. The lowest BCUT2D eigenvalue weighted by molar-refractivity contribution is -0.897. The van der Waals surface area contributed by atoms with Crippen molar-refractivity contribution in [3.63, 3.8) is 0 Å². The number of nitrogens with one attached hydrogen (secondary N) is 1. The monoisotopic (exact) mass is 299 g/mol. The van der Waals surface area contributed by atoms with Crippen LogP contribution in [-0.2, 0) is 14.3 Å². The molecular formula is C11H21Cl2N2O3+. The van der Waals surface area contributed by atoms with Gasteiger partial charge in [-0.1, -0.05) is 0 Å². The Morgan fingerprint density at radius 3 is 2.22 bits per heavy atom. The van der Waals surface area contributed by atoms with Gasteiger partial charge in [-0.05, 0) is 6.92 Å². The van der Waals surface area contributed by atoms with Gasteiger partial charge in [0.05, 0.1) is 38.5 Å². The Hall–Kier alpha value is -0.520. The van der Waals surface area contributed by atoms with E-state index in [0.717, 1.165) is 0 Å². The maximum absolute atomic E-state index is 11.7. The van der Waals surface area contributed by atoms with Gasteiger partial charge in [-0.3, -0.25) is 9.59 Å². The zero-order chi connectivity index (χ0) is 14.0. The third kappa shape index (κ3) is 7.74. The summed E-state index contributed by atoms with van der Waals surface area (Å²) in [6, 6.07) is 0. The summed E-state index contributed by atoms with van der Waals surface area (Å²) in [6.45, 7) is 3.48. The zero-order valence-corrected chi connectivity index (χ0v) is 12.4. The van der Waals surface area contributed by atoms with E-state index in [9.17, 15) is 9.59 Å². The fourth-order valence-corrected chi connectivity index (χ4v) is 2.28. The zero-order valence-electron chi connectivity index (χ0n) is 10.9. The molecule has 0 bridgehead atoms. The van der Waals surface area contributed by atoms with Gasteiger partial charge in [0.15, 0.2) is 6.54 Å². The average molecular weight is 300 g/mol. The number of carbonyl (C=O) groups excluding carboxylic acids is 2. The second-order valence-corrected chi connectivity index (χ2v) is 4.94. The van der Waals surface area contributed by atoms with Gasteiger partial charge in [-0.25, -0.2) is 0 Å². The predicted molar refractivity (Wildman–Crippen MR) is 71.9 cm³/mol. The van der Waals surface area contributed by atoms with Gasteiger partial charge in [-0.15, -0.1) is 23.2 Å². The molecule has 0 aliphatic heterocycles. The summed E-state index contributed by atoms with van der Waals surface area (Å²) in [7, 11) is 1.91. The molecule has 106 valence electrons. The van der Waals surface area contributed by atoms with Crippen LogP contribution in [-0.4, -0.2) is 68.0 Å². The number of rotatable bonds is 9. The van der Waals surface area contributed by atoms with Gasteiger partial charge in [0.1, 0.15) is 6.54 Å². The molecule has 0 rings (SSSR count). The molecule has 0 fully saturated rings. The van der Waals surface area contributed by atoms with Gasteiger partial charge >= 0.3 is 5.97 Å². The van der Waals surface area contributed by atoms with Gasteiger partial charge in [0.2, 0.25) is 0 Å². The van der Waals surface area contributed by atoms with E-state index in [-0.39, 0.29) is 19.0 Å². The number of likely N-dealkylation sites (N-methyl/N-ethyl adjacent to an activating group) is 1. The topological polar surface area (TPSA) is 55.4 Å². The lowest BCUT2D eigenvalue weighted by atomic mass is 10.3. The number of hydrogen-bond acceptors (Lipinski definition) is 3. The number of nitrogens with zero attached hydrogens (tertiary/aromatic N) is 1. The SMILES string of the molecule is CCOC(=O)CNC(=O)C[N+](C)(CCCl)CCCl. The van der Waals surface area contributed by atoms with E-state index in [0.29, 0.717) is 35.9 Å². The highest BCUT2D eigenvalue weighted by molar-refractivity contribution is 6.18. The van der Waals surface area contributed by atoms with Crippen LogP contribution < -0.4 is 5.32 Å². The highest BCUT2D eigenvalue weighted by atomic mass is 35.5. The van der Waals surface area contributed by atoms with Crippen LogP contribution in [0.4, 0.5) is 0 Å². The number of amides is 1. The lowest BCUT2D eigenvalue weighted by Crippen LogP contribution is -2.53. The average Bonchev–Trinajstić information content (AvgIpc) is 2.27. The van der Waals surface area contributed by atoms with Crippen molar-refractivity contribution in [3.8, 4) is 0 Å². The number of hydrogen-bond donors (Lipinski definition) is 1. The van der Waals surface area contributed by atoms with E-state index in [2.05, 4.69) is 5.32 Å². The summed E-state index contributed by atoms with van der Waals surface area (Å²) in [5.41, 5.74) is 0. The predicted octanol–water partition coefficient (Wildman–Crippen LogP) is 0.590. The number of quaternary nitrogens is 1. The third-order valence-electron chi connectivity index (χ3n) is 2.51. The fourth-order valence-electron chi connectivity index (χ4n) is 1.46. The first-order chi connectivity index (χ1) is 8.47. The summed E-state index contributed by atoms with van der Waals surface area (Å²) < 4.78 is 5.18. The number of halogens is 2. The molecule has 0 saturated heterocycles. The van der Waals surface area contributed by atoms with Crippen molar-refractivity contribution in [1.29, 1.82) is 0 Å². The molecule has 1 amide bonds. The van der Waals surface area contributed by atoms with Crippen molar-refractivity contribution in [1.82, 2.24) is 5.32 Å². The van der Waals surface area contributed by atoms with E-state index in [1.165, 1.54) is 0 Å². The first-order valence-electron chi connectivity index (χ1n) is 5.85. The molecule has 0 aromatic heterocycles. The molecule has 0 aliphatic carbocycles. The number of ether oxygens (including phenoxy) is 1. The molecule has 0 atom stereocenters. The number of alkyl halides is 2. The van der Waals surface area contributed by atoms with Gasteiger partial charge < -0.3 is 14.5 Å². The van der Waals surface area contributed by atoms with Crippen LogP contribution >= 0.6 is 23.2 Å². The molecule has 0 aromatic rings. The Labute approximate surface area is 118 Å². The van der Waals surface area contributed by atoms with Crippen LogP contribution in [0.3, 0.4) is 0 Å². The molecule has 0 aromatic carbocycles. The van der Waals surface area contributed by atoms with E-state index in [1.54, 1.807) is 6.92 Å². The van der Waals surface area contributed by atoms with Crippen molar-refractivity contribution < 1.29 is 18.8 Å². The fraction of sp³-hybridized carbons (Fsp3) is 0.818. The van der Waals surface area contributed by atoms with Crippen LogP contribution in [0.5, 0.6) is 0 Å². The molecular weight excluding hydrogens is 279 g/mol. The molecule has 7 heteroatoms. The quantitative estimate of drug-likeness (QED) is 0.385. The Morgan fingerprint density at radius 1 is 1.22 bits per heavy atom. The lowest BCUT2D eigenvalue weighted by Gasteiger charge is -2.32. The normalized spacial score (nSPS) is 11.1. The Kier molecular flexibility index (Phi) is 9.14. The minimum atomic E-state index is -0.435. The summed E-state index contributed by atoms with van der Waals surface area (Å²) in [6.07, 6.45) is 0. The summed E-state index contributed by atoms with van der Waals surface area (Å²) in [5.74, 6) is 0.271. The van der Waals surface area contributed by atoms with Crippen molar-refractivity contribution in [2.24, 2.45) is 0 Å². The molecule has 0 saturated carbocycles. The molecule has 5 nitrogen and oxygen atoms in total. The maximum atomic E-state index is 11.7. The Balaban J connectivity index is 4.13. The van der Waals surface area contributed by atoms with E-state index < -0.39 is 5.97 Å². The molecule has 0 unspecified atom stereocenters. The summed E-state index contributed by atoms with van der Waals surface area (Å²) >= 11 is 11.4. The second kappa shape index (κ2) is 9.42. The van der Waals surface area contributed by atoms with Crippen LogP contribution in [0.1, 0.15) is 6.92 Å². The second-order valence-electron chi connectivity index (χ2n) is 4.18.